The van der Waals surface area contributed by atoms with Gasteiger partial charge in [-0.3, -0.25) is 15.0 Å². The van der Waals surface area contributed by atoms with E-state index in [0.29, 0.717) is 5.92 Å². The number of hydrogen-bond donors (Lipinski definition) is 1. The molecule has 0 amide bonds. The molecule has 2 aromatic carbocycles. The second kappa shape index (κ2) is 10.2. The van der Waals surface area contributed by atoms with Crippen LogP contribution in [0, 0.1) is 0 Å². The van der Waals surface area contributed by atoms with E-state index >= 15 is 0 Å². The van der Waals surface area contributed by atoms with Gasteiger partial charge in [-0.25, -0.2) is 0 Å². The number of nitrogens with zero attached hydrogens (tertiary/aromatic N) is 3. The van der Waals surface area contributed by atoms with Crippen molar-refractivity contribution in [1.82, 2.24) is 20.3 Å². The van der Waals surface area contributed by atoms with E-state index in [1.807, 2.05) is 50.6 Å². The van der Waals surface area contributed by atoms with Crippen molar-refractivity contribution in [3.8, 4) is 0 Å². The first-order chi connectivity index (χ1) is 12.7. The van der Waals surface area contributed by atoms with Crippen molar-refractivity contribution in [1.29, 1.82) is 0 Å². The van der Waals surface area contributed by atoms with Crippen molar-refractivity contribution < 1.29 is 0 Å². The summed E-state index contributed by atoms with van der Waals surface area (Å²) in [6, 6.07) is 18.3. The molecule has 134 valence electrons. The summed E-state index contributed by atoms with van der Waals surface area (Å²) in [6.07, 6.45) is 5.22. The molecule has 0 aliphatic carbocycles. The van der Waals surface area contributed by atoms with Gasteiger partial charge in [0.1, 0.15) is 0 Å². The molecule has 4 heteroatoms. The maximum Gasteiger partial charge on any atom is 0.0886 e. The number of para-hydroxylation sites is 2. The highest BCUT2D eigenvalue weighted by Crippen LogP contribution is 2.19. The third-order valence-corrected chi connectivity index (χ3v) is 3.67. The first-order valence-corrected chi connectivity index (χ1v) is 8.74. The van der Waals surface area contributed by atoms with Gasteiger partial charge in [0.25, 0.3) is 0 Å². The Labute approximate surface area is 155 Å². The Kier molecular flexibility index (Phi) is 7.65. The molecule has 0 spiro atoms. The minimum atomic E-state index is 0.588. The van der Waals surface area contributed by atoms with Crippen molar-refractivity contribution in [3.05, 3.63) is 78.8 Å². The third kappa shape index (κ3) is 5.60. The summed E-state index contributed by atoms with van der Waals surface area (Å²) >= 11 is 0. The van der Waals surface area contributed by atoms with E-state index in [4.69, 9.17) is 0 Å². The number of pyridine rings is 1. The molecular formula is C22H26N4. The smallest absolute Gasteiger partial charge is 0.0886 e. The summed E-state index contributed by atoms with van der Waals surface area (Å²) in [6.45, 7) is 4.41. The molecule has 2 heterocycles. The minimum absolute atomic E-state index is 0.588. The molecule has 0 atom stereocenters. The first-order valence-electron chi connectivity index (χ1n) is 8.74. The predicted molar refractivity (Wildman–Crippen MR) is 110 cm³/mol. The average molecular weight is 346 g/mol. The van der Waals surface area contributed by atoms with E-state index < -0.39 is 0 Å². The van der Waals surface area contributed by atoms with Crippen molar-refractivity contribution >= 4 is 21.9 Å². The van der Waals surface area contributed by atoms with E-state index in [0.717, 1.165) is 16.6 Å². The van der Waals surface area contributed by atoms with Crippen molar-refractivity contribution in [2.45, 2.75) is 19.8 Å². The highest BCUT2D eigenvalue weighted by Gasteiger charge is 1.99. The van der Waals surface area contributed by atoms with Crippen LogP contribution in [0.4, 0.5) is 0 Å². The maximum atomic E-state index is 4.28. The summed E-state index contributed by atoms with van der Waals surface area (Å²) < 4.78 is 0. The van der Waals surface area contributed by atoms with Crippen molar-refractivity contribution in [2.75, 3.05) is 14.1 Å². The normalized spacial score (nSPS) is 10.0. The average Bonchev–Trinajstić information content (AvgIpc) is 2.69. The van der Waals surface area contributed by atoms with Crippen LogP contribution in [0.5, 0.6) is 0 Å². The Morgan fingerprint density at radius 2 is 1.27 bits per heavy atom. The molecule has 0 aliphatic rings. The predicted octanol–water partition coefficient (Wildman–Crippen LogP) is 4.82. The Balaban J connectivity index is 0.000000167. The maximum absolute atomic E-state index is 4.28. The van der Waals surface area contributed by atoms with Gasteiger partial charge in [0.05, 0.1) is 16.6 Å². The number of hydrogen-bond acceptors (Lipinski definition) is 4. The standard InChI is InChI=1S/C12H13N.C8H6N2.C2H7N/c1-9(2)10-5-6-12-11(8-10)4-3-7-13-12;1-2-4-8-7(3-1)9-5-6-10-8;1-3-2/h3-9H,1-2H3;1-6H;3H,1-2H3. The SMILES string of the molecule is CC(C)c1ccc2ncccc2c1.CNC.c1ccc2nccnc2c1. The molecule has 0 aliphatic heterocycles. The Morgan fingerprint density at radius 3 is 1.85 bits per heavy atom. The molecule has 0 saturated heterocycles. The van der Waals surface area contributed by atoms with Gasteiger partial charge in [-0.1, -0.05) is 38.1 Å². The molecular weight excluding hydrogens is 320 g/mol. The highest BCUT2D eigenvalue weighted by atomic mass is 14.8. The lowest BCUT2D eigenvalue weighted by Gasteiger charge is -2.05. The lowest BCUT2D eigenvalue weighted by molar-refractivity contribution is 0.868. The van der Waals surface area contributed by atoms with E-state index in [2.05, 4.69) is 58.4 Å². The van der Waals surface area contributed by atoms with Gasteiger partial charge in [-0.15, -0.1) is 0 Å². The summed E-state index contributed by atoms with van der Waals surface area (Å²) in [7, 11) is 3.75. The van der Waals surface area contributed by atoms with Crippen LogP contribution < -0.4 is 5.32 Å². The molecule has 0 saturated carbocycles. The second-order valence-electron chi connectivity index (χ2n) is 6.16. The van der Waals surface area contributed by atoms with Crippen LogP contribution in [-0.4, -0.2) is 29.0 Å². The van der Waals surface area contributed by atoms with Gasteiger partial charge in [0, 0.05) is 24.0 Å². The van der Waals surface area contributed by atoms with Crippen molar-refractivity contribution in [3.63, 3.8) is 0 Å². The zero-order valence-corrected chi connectivity index (χ0v) is 15.8. The molecule has 1 N–H and O–H groups in total. The van der Waals surface area contributed by atoms with E-state index in [1.54, 1.807) is 12.4 Å². The lowest BCUT2D eigenvalue weighted by Crippen LogP contribution is -1.89. The third-order valence-electron chi connectivity index (χ3n) is 3.67. The van der Waals surface area contributed by atoms with Gasteiger partial charge in [0.2, 0.25) is 0 Å². The number of fused-ring (bicyclic) bond motifs is 2. The summed E-state index contributed by atoms with van der Waals surface area (Å²) in [4.78, 5) is 12.5. The quantitative estimate of drug-likeness (QED) is 0.537. The number of rotatable bonds is 1. The van der Waals surface area contributed by atoms with Crippen LogP contribution in [0.2, 0.25) is 0 Å². The highest BCUT2D eigenvalue weighted by molar-refractivity contribution is 5.79. The molecule has 26 heavy (non-hydrogen) atoms. The summed E-state index contributed by atoms with van der Waals surface area (Å²) in [5, 5.41) is 3.98. The van der Waals surface area contributed by atoms with Crippen LogP contribution in [0.25, 0.3) is 21.9 Å². The molecule has 4 rings (SSSR count). The van der Waals surface area contributed by atoms with E-state index in [9.17, 15) is 0 Å². The zero-order chi connectivity index (χ0) is 18.8. The van der Waals surface area contributed by atoms with Gasteiger partial charge in [-0.05, 0) is 55.9 Å². The van der Waals surface area contributed by atoms with Crippen molar-refractivity contribution in [2.24, 2.45) is 0 Å². The minimum Gasteiger partial charge on any atom is -0.323 e. The first kappa shape index (κ1) is 19.5. The Morgan fingerprint density at radius 1 is 0.692 bits per heavy atom. The fraction of sp³-hybridized carbons (Fsp3) is 0.227. The molecule has 0 bridgehead atoms. The Hall–Kier alpha value is -2.85. The van der Waals surface area contributed by atoms with Crippen LogP contribution in [0.15, 0.2) is 73.2 Å². The second-order valence-corrected chi connectivity index (χ2v) is 6.16. The lowest BCUT2D eigenvalue weighted by atomic mass is 10.0. The van der Waals surface area contributed by atoms with Crippen LogP contribution >= 0.6 is 0 Å². The summed E-state index contributed by atoms with van der Waals surface area (Å²) in [5.41, 5.74) is 4.35. The van der Waals surface area contributed by atoms with Gasteiger partial charge in [-0.2, -0.15) is 0 Å². The van der Waals surface area contributed by atoms with Crippen LogP contribution in [0.1, 0.15) is 25.3 Å². The molecule has 0 radical (unpaired) electrons. The molecule has 4 aromatic rings. The zero-order valence-electron chi connectivity index (χ0n) is 15.8. The van der Waals surface area contributed by atoms with E-state index in [-0.39, 0.29) is 0 Å². The largest absolute Gasteiger partial charge is 0.323 e. The molecule has 0 fully saturated rings. The molecule has 4 nitrogen and oxygen atoms in total. The monoisotopic (exact) mass is 346 g/mol. The number of aromatic nitrogens is 3. The van der Waals surface area contributed by atoms with Gasteiger partial charge < -0.3 is 5.32 Å². The van der Waals surface area contributed by atoms with Crippen LogP contribution in [-0.2, 0) is 0 Å². The molecule has 2 aromatic heterocycles. The molecule has 0 unspecified atom stereocenters. The van der Waals surface area contributed by atoms with Gasteiger partial charge >= 0.3 is 0 Å². The fourth-order valence-corrected chi connectivity index (χ4v) is 2.36. The van der Waals surface area contributed by atoms with E-state index in [1.165, 1.54) is 10.9 Å². The Bertz CT molecular complexity index is 869. The summed E-state index contributed by atoms with van der Waals surface area (Å²) in [5.74, 6) is 0.588. The van der Waals surface area contributed by atoms with Crippen LogP contribution in [0.3, 0.4) is 0 Å². The number of benzene rings is 2. The number of nitrogens with one attached hydrogen (secondary N) is 1. The fourth-order valence-electron chi connectivity index (χ4n) is 2.36. The topological polar surface area (TPSA) is 50.7 Å². The van der Waals surface area contributed by atoms with Gasteiger partial charge in [0.15, 0.2) is 0 Å².